The highest BCUT2D eigenvalue weighted by Gasteiger charge is 2.23. The first kappa shape index (κ1) is 14.8. The Labute approximate surface area is 126 Å². The van der Waals surface area contributed by atoms with Crippen LogP contribution in [0, 0.1) is 0 Å². The van der Waals surface area contributed by atoms with E-state index in [1.54, 1.807) is 18.2 Å². The van der Waals surface area contributed by atoms with Crippen LogP contribution in [0.2, 0.25) is 0 Å². The Morgan fingerprint density at radius 2 is 2.15 bits per heavy atom. The van der Waals surface area contributed by atoms with Crippen LogP contribution in [0.4, 0.5) is 0 Å². The van der Waals surface area contributed by atoms with E-state index in [1.807, 2.05) is 0 Å². The Kier molecular flexibility index (Phi) is 5.00. The van der Waals surface area contributed by atoms with Gasteiger partial charge >= 0.3 is 0 Å². The average molecular weight is 341 g/mol. The van der Waals surface area contributed by atoms with Crippen LogP contribution < -0.4 is 15.4 Å². The molecule has 1 saturated carbocycles. The molecule has 0 saturated heterocycles. The van der Waals surface area contributed by atoms with Crippen molar-refractivity contribution < 1.29 is 14.3 Å². The molecule has 1 aromatic rings. The number of benzene rings is 1. The number of amides is 2. The maximum absolute atomic E-state index is 12.0. The van der Waals surface area contributed by atoms with Crippen LogP contribution in [0.3, 0.4) is 0 Å². The van der Waals surface area contributed by atoms with Crippen LogP contribution in [-0.2, 0) is 4.79 Å². The summed E-state index contributed by atoms with van der Waals surface area (Å²) in [6.45, 7) is 0.316. The van der Waals surface area contributed by atoms with Crippen molar-refractivity contribution in [2.75, 3.05) is 13.7 Å². The fraction of sp³-hybridized carbons (Fsp3) is 0.429. The van der Waals surface area contributed by atoms with Gasteiger partial charge in [0.1, 0.15) is 5.75 Å². The zero-order valence-electron chi connectivity index (χ0n) is 11.2. The van der Waals surface area contributed by atoms with Crippen molar-refractivity contribution in [3.63, 3.8) is 0 Å². The Morgan fingerprint density at radius 1 is 1.40 bits per heavy atom. The molecule has 0 aliphatic heterocycles. The van der Waals surface area contributed by atoms with E-state index in [0.29, 0.717) is 30.3 Å². The number of carbonyl (C=O) groups excluding carboxylic acids is 2. The Balaban J connectivity index is 1.83. The number of methoxy groups -OCH3 is 1. The van der Waals surface area contributed by atoms with Gasteiger partial charge in [-0.3, -0.25) is 9.59 Å². The molecule has 0 bridgehead atoms. The van der Waals surface area contributed by atoms with Crippen molar-refractivity contribution in [2.24, 2.45) is 0 Å². The molecule has 0 unspecified atom stereocenters. The summed E-state index contributed by atoms with van der Waals surface area (Å²) < 4.78 is 6.01. The maximum atomic E-state index is 12.0. The van der Waals surface area contributed by atoms with Crippen molar-refractivity contribution in [3.05, 3.63) is 28.2 Å². The van der Waals surface area contributed by atoms with Crippen LogP contribution in [0.5, 0.6) is 5.75 Å². The molecule has 108 valence electrons. The summed E-state index contributed by atoms with van der Waals surface area (Å²) in [5, 5.41) is 5.60. The summed E-state index contributed by atoms with van der Waals surface area (Å²) >= 11 is 3.32. The molecule has 2 rings (SSSR count). The minimum Gasteiger partial charge on any atom is -0.496 e. The van der Waals surface area contributed by atoms with Gasteiger partial charge in [0.05, 0.1) is 12.7 Å². The summed E-state index contributed by atoms with van der Waals surface area (Å²) in [7, 11) is 1.52. The average Bonchev–Trinajstić information content (AvgIpc) is 3.22. The summed E-state index contributed by atoms with van der Waals surface area (Å²) in [5.41, 5.74) is 0.457. The lowest BCUT2D eigenvalue weighted by molar-refractivity contribution is -0.121. The third kappa shape index (κ3) is 4.23. The number of rotatable bonds is 6. The van der Waals surface area contributed by atoms with E-state index in [0.717, 1.165) is 17.3 Å². The predicted octanol–water partition coefficient (Wildman–Crippen LogP) is 1.86. The van der Waals surface area contributed by atoms with E-state index in [-0.39, 0.29) is 11.8 Å². The third-order valence-electron chi connectivity index (χ3n) is 2.99. The van der Waals surface area contributed by atoms with Crippen LogP contribution in [0.1, 0.15) is 29.6 Å². The van der Waals surface area contributed by atoms with Crippen molar-refractivity contribution in [1.82, 2.24) is 10.6 Å². The predicted molar refractivity (Wildman–Crippen MR) is 78.8 cm³/mol. The smallest absolute Gasteiger partial charge is 0.255 e. The Morgan fingerprint density at radius 3 is 2.80 bits per heavy atom. The molecule has 20 heavy (non-hydrogen) atoms. The Bertz CT molecular complexity index is 515. The van der Waals surface area contributed by atoms with Gasteiger partial charge in [-0.05, 0) is 31.0 Å². The molecule has 0 aromatic heterocycles. The molecule has 1 fully saturated rings. The van der Waals surface area contributed by atoms with Gasteiger partial charge in [-0.1, -0.05) is 15.9 Å². The number of nitrogens with one attached hydrogen (secondary N) is 2. The SMILES string of the molecule is COc1cc(Br)ccc1C(=O)NCCC(=O)NC1CC1. The van der Waals surface area contributed by atoms with Crippen LogP contribution >= 0.6 is 15.9 Å². The fourth-order valence-electron chi connectivity index (χ4n) is 1.76. The quantitative estimate of drug-likeness (QED) is 0.830. The molecule has 1 aliphatic carbocycles. The zero-order valence-corrected chi connectivity index (χ0v) is 12.8. The number of ether oxygens (including phenoxy) is 1. The fourth-order valence-corrected chi connectivity index (χ4v) is 2.11. The topological polar surface area (TPSA) is 67.4 Å². The first-order valence-electron chi connectivity index (χ1n) is 6.51. The molecule has 2 amide bonds. The number of carbonyl (C=O) groups is 2. The molecular weight excluding hydrogens is 324 g/mol. The first-order valence-corrected chi connectivity index (χ1v) is 7.30. The van der Waals surface area contributed by atoms with Crippen molar-refractivity contribution in [3.8, 4) is 5.75 Å². The third-order valence-corrected chi connectivity index (χ3v) is 3.48. The number of hydrogen-bond donors (Lipinski definition) is 2. The first-order chi connectivity index (χ1) is 9.60. The molecule has 1 aromatic carbocycles. The second kappa shape index (κ2) is 6.74. The van der Waals surface area contributed by atoms with Crippen LogP contribution in [0.25, 0.3) is 0 Å². The van der Waals surface area contributed by atoms with E-state index in [9.17, 15) is 9.59 Å². The molecule has 5 nitrogen and oxygen atoms in total. The lowest BCUT2D eigenvalue weighted by Gasteiger charge is -2.09. The monoisotopic (exact) mass is 340 g/mol. The summed E-state index contributed by atoms with van der Waals surface area (Å²) in [5.74, 6) is 0.239. The number of hydrogen-bond acceptors (Lipinski definition) is 3. The van der Waals surface area contributed by atoms with Gasteiger partial charge in [0.25, 0.3) is 5.91 Å². The van der Waals surface area contributed by atoms with E-state index in [2.05, 4.69) is 26.6 Å². The lowest BCUT2D eigenvalue weighted by atomic mass is 10.2. The number of halogens is 1. The summed E-state index contributed by atoms with van der Waals surface area (Å²) in [6, 6.07) is 5.54. The summed E-state index contributed by atoms with van der Waals surface area (Å²) in [6.07, 6.45) is 2.42. The van der Waals surface area contributed by atoms with Gasteiger partial charge in [0.15, 0.2) is 0 Å². The van der Waals surface area contributed by atoms with Gasteiger partial charge in [-0.25, -0.2) is 0 Å². The van der Waals surface area contributed by atoms with Crippen molar-refractivity contribution in [1.29, 1.82) is 0 Å². The second-order valence-electron chi connectivity index (χ2n) is 4.69. The highest BCUT2D eigenvalue weighted by molar-refractivity contribution is 9.10. The highest BCUT2D eigenvalue weighted by Crippen LogP contribution is 2.23. The van der Waals surface area contributed by atoms with E-state index < -0.39 is 0 Å². The molecule has 0 spiro atoms. The normalized spacial score (nSPS) is 13.7. The highest BCUT2D eigenvalue weighted by atomic mass is 79.9. The standard InChI is InChI=1S/C14H17BrN2O3/c1-20-12-8-9(15)2-5-11(12)14(19)16-7-6-13(18)17-10-3-4-10/h2,5,8,10H,3-4,6-7H2,1H3,(H,16,19)(H,17,18). The molecular formula is C14H17BrN2O3. The minimum atomic E-state index is -0.242. The van der Waals surface area contributed by atoms with Gasteiger partial charge in [-0.2, -0.15) is 0 Å². The minimum absolute atomic E-state index is 0.0180. The van der Waals surface area contributed by atoms with Gasteiger partial charge in [-0.15, -0.1) is 0 Å². The molecule has 0 atom stereocenters. The molecule has 0 heterocycles. The second-order valence-corrected chi connectivity index (χ2v) is 5.61. The van der Waals surface area contributed by atoms with E-state index in [1.165, 1.54) is 7.11 Å². The van der Waals surface area contributed by atoms with Crippen molar-refractivity contribution >= 4 is 27.7 Å². The van der Waals surface area contributed by atoms with E-state index in [4.69, 9.17) is 4.74 Å². The van der Waals surface area contributed by atoms with Gasteiger partial charge in [0, 0.05) is 23.5 Å². The van der Waals surface area contributed by atoms with Crippen LogP contribution in [0.15, 0.2) is 22.7 Å². The Hall–Kier alpha value is -1.56. The maximum Gasteiger partial charge on any atom is 0.255 e. The lowest BCUT2D eigenvalue weighted by Crippen LogP contribution is -2.31. The van der Waals surface area contributed by atoms with Gasteiger partial charge in [0.2, 0.25) is 5.91 Å². The van der Waals surface area contributed by atoms with Gasteiger partial charge < -0.3 is 15.4 Å². The van der Waals surface area contributed by atoms with Crippen molar-refractivity contribution in [2.45, 2.75) is 25.3 Å². The molecule has 2 N–H and O–H groups in total. The van der Waals surface area contributed by atoms with Crippen LogP contribution in [-0.4, -0.2) is 31.5 Å². The van der Waals surface area contributed by atoms with E-state index >= 15 is 0 Å². The largest absolute Gasteiger partial charge is 0.496 e. The molecule has 1 aliphatic rings. The molecule has 6 heteroatoms. The summed E-state index contributed by atoms with van der Waals surface area (Å²) in [4.78, 5) is 23.5. The molecule has 0 radical (unpaired) electrons. The zero-order chi connectivity index (χ0) is 14.5.